The Kier molecular flexibility index (Phi) is 4.48. The zero-order chi connectivity index (χ0) is 14.7. The molecule has 5 heteroatoms. The molecule has 21 heavy (non-hydrogen) atoms. The van der Waals surface area contributed by atoms with Crippen molar-refractivity contribution in [3.63, 3.8) is 0 Å². The first-order chi connectivity index (χ1) is 10.2. The molecule has 1 saturated heterocycles. The third kappa shape index (κ3) is 3.76. The second-order valence-electron chi connectivity index (χ2n) is 5.96. The first-order valence-corrected chi connectivity index (χ1v) is 7.89. The fraction of sp³-hybridized carbons (Fsp3) is 0.562. The summed E-state index contributed by atoms with van der Waals surface area (Å²) in [5.74, 6) is 0.102. The van der Waals surface area contributed by atoms with E-state index in [4.69, 9.17) is 16.3 Å². The Morgan fingerprint density at radius 3 is 2.76 bits per heavy atom. The van der Waals surface area contributed by atoms with Gasteiger partial charge in [0, 0.05) is 30.1 Å². The van der Waals surface area contributed by atoms with Gasteiger partial charge in [-0.1, -0.05) is 23.7 Å². The maximum absolute atomic E-state index is 12.1. The number of rotatable bonds is 5. The summed E-state index contributed by atoms with van der Waals surface area (Å²) in [5.41, 5.74) is 1.34. The predicted molar refractivity (Wildman–Crippen MR) is 82.6 cm³/mol. The molecule has 0 unspecified atom stereocenters. The highest BCUT2D eigenvalue weighted by molar-refractivity contribution is 6.30. The molecule has 1 aliphatic heterocycles. The summed E-state index contributed by atoms with van der Waals surface area (Å²) < 4.78 is 5.29. The van der Waals surface area contributed by atoms with Crippen LogP contribution in [-0.2, 0) is 14.9 Å². The third-order valence-corrected chi connectivity index (χ3v) is 4.62. The first kappa shape index (κ1) is 14.8. The van der Waals surface area contributed by atoms with Crippen molar-refractivity contribution in [2.24, 2.45) is 0 Å². The van der Waals surface area contributed by atoms with Crippen LogP contribution in [0.2, 0.25) is 5.02 Å². The van der Waals surface area contributed by atoms with Crippen molar-refractivity contribution in [3.8, 4) is 0 Å². The Balaban J connectivity index is 1.51. The zero-order valence-corrected chi connectivity index (χ0v) is 12.9. The molecular formula is C16H21ClN2O2. The summed E-state index contributed by atoms with van der Waals surface area (Å²) in [7, 11) is 0. The van der Waals surface area contributed by atoms with E-state index >= 15 is 0 Å². The average Bonchev–Trinajstić information content (AvgIpc) is 3.28. The van der Waals surface area contributed by atoms with E-state index in [0.717, 1.165) is 44.2 Å². The molecular weight excluding hydrogens is 288 g/mol. The maximum Gasteiger partial charge on any atom is 0.234 e. The van der Waals surface area contributed by atoms with E-state index in [1.54, 1.807) is 0 Å². The maximum atomic E-state index is 12.1. The van der Waals surface area contributed by atoms with Crippen LogP contribution >= 0.6 is 11.6 Å². The largest absolute Gasteiger partial charge is 0.379 e. The number of ether oxygens (including phenoxy) is 1. The number of amides is 1. The summed E-state index contributed by atoms with van der Waals surface area (Å²) in [6, 6.07) is 7.99. The van der Waals surface area contributed by atoms with E-state index in [-0.39, 0.29) is 11.3 Å². The normalized spacial score (nSPS) is 21.0. The zero-order valence-electron chi connectivity index (χ0n) is 12.1. The van der Waals surface area contributed by atoms with Crippen LogP contribution in [0.5, 0.6) is 0 Å². The van der Waals surface area contributed by atoms with Crippen LogP contribution in [0.3, 0.4) is 0 Å². The van der Waals surface area contributed by atoms with E-state index in [2.05, 4.69) is 16.3 Å². The van der Waals surface area contributed by atoms with Gasteiger partial charge in [0.05, 0.1) is 19.8 Å². The van der Waals surface area contributed by atoms with Gasteiger partial charge in [-0.15, -0.1) is 0 Å². The number of halogens is 1. The number of hydrogen-bond acceptors (Lipinski definition) is 3. The van der Waals surface area contributed by atoms with Crippen LogP contribution in [0.1, 0.15) is 18.4 Å². The van der Waals surface area contributed by atoms with Crippen molar-refractivity contribution < 1.29 is 9.53 Å². The molecule has 3 rings (SSSR count). The molecule has 4 nitrogen and oxygen atoms in total. The van der Waals surface area contributed by atoms with E-state index < -0.39 is 0 Å². The standard InChI is InChI=1S/C16H21ClN2O2/c17-14-3-1-2-13(10-14)16(4-5-16)12-18-15(20)11-19-6-8-21-9-7-19/h1-3,10H,4-9,11-12H2,(H,18,20). The Labute approximate surface area is 130 Å². The summed E-state index contributed by atoms with van der Waals surface area (Å²) in [6.45, 7) is 4.30. The van der Waals surface area contributed by atoms with Crippen LogP contribution in [0.15, 0.2) is 24.3 Å². The van der Waals surface area contributed by atoms with Gasteiger partial charge < -0.3 is 10.1 Å². The molecule has 1 amide bonds. The predicted octanol–water partition coefficient (Wildman–Crippen LogP) is 1.82. The molecule has 1 aromatic rings. The molecule has 1 aliphatic carbocycles. The minimum absolute atomic E-state index is 0.102. The number of nitrogens with one attached hydrogen (secondary N) is 1. The smallest absolute Gasteiger partial charge is 0.234 e. The summed E-state index contributed by atoms with van der Waals surface area (Å²) >= 11 is 6.06. The van der Waals surface area contributed by atoms with Crippen molar-refractivity contribution in [1.29, 1.82) is 0 Å². The Hall–Kier alpha value is -1.10. The SMILES string of the molecule is O=C(CN1CCOCC1)NCC1(c2cccc(Cl)c2)CC1. The lowest BCUT2D eigenvalue weighted by atomic mass is 9.96. The van der Waals surface area contributed by atoms with E-state index in [1.165, 1.54) is 5.56 Å². The van der Waals surface area contributed by atoms with Gasteiger partial charge in [0.2, 0.25) is 5.91 Å². The van der Waals surface area contributed by atoms with Gasteiger partial charge in [-0.2, -0.15) is 0 Å². The molecule has 114 valence electrons. The first-order valence-electron chi connectivity index (χ1n) is 7.51. The number of carbonyl (C=O) groups excluding carboxylic acids is 1. The average molecular weight is 309 g/mol. The van der Waals surface area contributed by atoms with Crippen molar-refractivity contribution in [1.82, 2.24) is 10.2 Å². The lowest BCUT2D eigenvalue weighted by Crippen LogP contribution is -2.44. The minimum Gasteiger partial charge on any atom is -0.379 e. The quantitative estimate of drug-likeness (QED) is 0.902. The van der Waals surface area contributed by atoms with E-state index in [9.17, 15) is 4.79 Å². The van der Waals surface area contributed by atoms with Crippen LogP contribution in [0.25, 0.3) is 0 Å². The van der Waals surface area contributed by atoms with Crippen molar-refractivity contribution in [3.05, 3.63) is 34.9 Å². The molecule has 1 aromatic carbocycles. The minimum atomic E-state index is 0.102. The molecule has 0 radical (unpaired) electrons. The van der Waals surface area contributed by atoms with Crippen molar-refractivity contribution >= 4 is 17.5 Å². The second kappa shape index (κ2) is 6.34. The lowest BCUT2D eigenvalue weighted by molar-refractivity contribution is -0.123. The lowest BCUT2D eigenvalue weighted by Gasteiger charge is -2.26. The Bertz CT molecular complexity index is 511. The number of morpholine rings is 1. The summed E-state index contributed by atoms with van der Waals surface area (Å²) in [4.78, 5) is 14.2. The van der Waals surface area contributed by atoms with E-state index in [0.29, 0.717) is 13.1 Å². The van der Waals surface area contributed by atoms with Gasteiger partial charge in [-0.3, -0.25) is 9.69 Å². The fourth-order valence-corrected chi connectivity index (χ4v) is 3.01. The number of nitrogens with zero attached hydrogens (tertiary/aromatic N) is 1. The topological polar surface area (TPSA) is 41.6 Å². The Morgan fingerprint density at radius 1 is 1.33 bits per heavy atom. The highest BCUT2D eigenvalue weighted by atomic mass is 35.5. The molecule has 1 saturated carbocycles. The van der Waals surface area contributed by atoms with Crippen LogP contribution in [0, 0.1) is 0 Å². The van der Waals surface area contributed by atoms with Gasteiger partial charge in [-0.25, -0.2) is 0 Å². The monoisotopic (exact) mass is 308 g/mol. The molecule has 0 spiro atoms. The number of benzene rings is 1. The van der Waals surface area contributed by atoms with Gasteiger partial charge in [0.25, 0.3) is 0 Å². The third-order valence-electron chi connectivity index (χ3n) is 4.39. The van der Waals surface area contributed by atoms with Crippen molar-refractivity contribution in [2.75, 3.05) is 39.4 Å². The summed E-state index contributed by atoms with van der Waals surface area (Å²) in [5, 5.41) is 3.85. The molecule has 1 heterocycles. The fourth-order valence-electron chi connectivity index (χ4n) is 2.82. The number of carbonyl (C=O) groups is 1. The van der Waals surface area contributed by atoms with Gasteiger partial charge in [0.1, 0.15) is 0 Å². The molecule has 0 bridgehead atoms. The molecule has 0 atom stereocenters. The number of hydrogen-bond donors (Lipinski definition) is 1. The van der Waals surface area contributed by atoms with Crippen LogP contribution in [-0.4, -0.2) is 50.2 Å². The Morgan fingerprint density at radius 2 is 2.10 bits per heavy atom. The van der Waals surface area contributed by atoms with E-state index in [1.807, 2.05) is 18.2 Å². The highest BCUT2D eigenvalue weighted by Crippen LogP contribution is 2.48. The van der Waals surface area contributed by atoms with Gasteiger partial charge >= 0.3 is 0 Å². The van der Waals surface area contributed by atoms with Crippen LogP contribution < -0.4 is 5.32 Å². The second-order valence-corrected chi connectivity index (χ2v) is 6.39. The molecule has 0 aromatic heterocycles. The van der Waals surface area contributed by atoms with Gasteiger partial charge in [0.15, 0.2) is 0 Å². The van der Waals surface area contributed by atoms with Crippen LogP contribution in [0.4, 0.5) is 0 Å². The highest BCUT2D eigenvalue weighted by Gasteiger charge is 2.44. The van der Waals surface area contributed by atoms with Crippen molar-refractivity contribution in [2.45, 2.75) is 18.3 Å². The molecule has 2 fully saturated rings. The molecule has 2 aliphatic rings. The molecule has 1 N–H and O–H groups in total. The summed E-state index contributed by atoms with van der Waals surface area (Å²) in [6.07, 6.45) is 2.23. The van der Waals surface area contributed by atoms with Gasteiger partial charge in [-0.05, 0) is 30.5 Å².